The van der Waals surface area contributed by atoms with Crippen LogP contribution in [0.5, 0.6) is 0 Å². The standard InChI is InChI=1S/2C15H20O6.C5H8O2.C4H6O2.2C2H4O2/c2*1-7-4-5-10(16)15(3,20)13(18)12(17)11-8(2)14(19)21-9(11)6-7;1-3-4(2)5(6)7;1-3(2)4(5)6;2*1-2(3)4/h2*4-5,7,9,11-13,17-18,20H,2,6H2,1,3H3;3H,1-2H3,(H,6,7);1H2,2H3,(H,5,6);2*1H3,(H,3,4)/b2*5-4-;4-3+;;;. The molecular weight excluding hydrogens is 836 g/mol. The summed E-state index contributed by atoms with van der Waals surface area (Å²) in [6.07, 6.45) is 0.0799. The number of carbonyl (C=O) groups is 8. The van der Waals surface area contributed by atoms with Crippen LogP contribution in [0.2, 0.25) is 0 Å². The fraction of sp³-hybridized carbons (Fsp3) is 0.535. The van der Waals surface area contributed by atoms with E-state index in [9.17, 15) is 59.4 Å². The first-order valence-electron chi connectivity index (χ1n) is 19.2. The summed E-state index contributed by atoms with van der Waals surface area (Å²) < 4.78 is 10.4. The highest BCUT2D eigenvalue weighted by atomic mass is 16.6. The Kier molecular flexibility index (Phi) is 24.6. The van der Waals surface area contributed by atoms with E-state index < -0.39 is 107 Å². The maximum Gasteiger partial charge on any atom is 0.334 e. The van der Waals surface area contributed by atoms with E-state index in [1.54, 1.807) is 32.1 Å². The summed E-state index contributed by atoms with van der Waals surface area (Å²) >= 11 is 0. The normalized spacial score (nSPS) is 33.4. The molecule has 2 aliphatic heterocycles. The zero-order valence-electron chi connectivity index (χ0n) is 36.8. The van der Waals surface area contributed by atoms with Gasteiger partial charge in [-0.15, -0.1) is 0 Å². The molecule has 0 saturated carbocycles. The smallest absolute Gasteiger partial charge is 0.334 e. The van der Waals surface area contributed by atoms with Gasteiger partial charge < -0.3 is 60.5 Å². The molecule has 20 nitrogen and oxygen atoms in total. The third kappa shape index (κ3) is 18.7. The van der Waals surface area contributed by atoms with Gasteiger partial charge in [0.1, 0.15) is 24.4 Å². The first-order valence-corrected chi connectivity index (χ1v) is 19.2. The monoisotopic (exact) mass is 898 g/mol. The molecule has 12 unspecified atom stereocenters. The zero-order chi connectivity index (χ0) is 50.1. The summed E-state index contributed by atoms with van der Waals surface area (Å²) in [5.41, 5.74) is -3.64. The van der Waals surface area contributed by atoms with Crippen molar-refractivity contribution in [2.45, 2.75) is 123 Å². The Bertz CT molecular complexity index is 1690. The zero-order valence-corrected chi connectivity index (χ0v) is 36.8. The molecule has 63 heavy (non-hydrogen) atoms. The third-order valence-corrected chi connectivity index (χ3v) is 9.68. The topological polar surface area (TPSA) is 357 Å². The average Bonchev–Trinajstić information content (AvgIpc) is 3.60. The SMILES string of the molecule is C/C=C(\C)C(=O)O.C=C(C)C(=O)O.C=C1C(=O)OC2CC(C)/C=C\C(=O)C(C)(O)C(O)C(O)C12.C=C1C(=O)OC2CC(C)/C=C\C(=O)C(C)(O)C(O)C(O)C12.CC(=O)O.CC(=O)O. The Morgan fingerprint density at radius 3 is 1.13 bits per heavy atom. The minimum Gasteiger partial charge on any atom is -0.481 e. The average molecular weight is 899 g/mol. The van der Waals surface area contributed by atoms with Gasteiger partial charge in [0, 0.05) is 36.1 Å². The molecule has 0 amide bonds. The molecule has 2 saturated heterocycles. The highest BCUT2D eigenvalue weighted by molar-refractivity contribution is 5.98. The van der Waals surface area contributed by atoms with Gasteiger partial charge in [-0.2, -0.15) is 0 Å². The molecule has 10 N–H and O–H groups in total. The largest absolute Gasteiger partial charge is 0.481 e. The lowest BCUT2D eigenvalue weighted by Crippen LogP contribution is -2.55. The number of carboxylic acids is 4. The number of ether oxygens (including phenoxy) is 2. The summed E-state index contributed by atoms with van der Waals surface area (Å²) in [6, 6.07) is 0. The number of carboxylic acid groups (broad SMARTS) is 4. The fourth-order valence-electron chi connectivity index (χ4n) is 5.74. The molecule has 20 heteroatoms. The first kappa shape index (κ1) is 59.5. The number of rotatable bonds is 2. The lowest BCUT2D eigenvalue weighted by molar-refractivity contribution is -0.160. The summed E-state index contributed by atoms with van der Waals surface area (Å²) in [7, 11) is 0. The Hall–Kier alpha value is -5.64. The molecule has 354 valence electrons. The van der Waals surface area contributed by atoms with Crippen LogP contribution in [-0.4, -0.2) is 146 Å². The molecule has 2 heterocycles. The number of aliphatic carboxylic acids is 4. The van der Waals surface area contributed by atoms with Crippen LogP contribution >= 0.6 is 0 Å². The molecule has 0 aromatic heterocycles. The van der Waals surface area contributed by atoms with Crippen molar-refractivity contribution >= 4 is 47.4 Å². The summed E-state index contributed by atoms with van der Waals surface area (Å²) in [5, 5.41) is 92.2. The molecule has 2 fully saturated rings. The van der Waals surface area contributed by atoms with Crippen molar-refractivity contribution in [3.63, 3.8) is 0 Å². The number of hydrogen-bond donors (Lipinski definition) is 10. The molecule has 4 rings (SSSR count). The summed E-state index contributed by atoms with van der Waals surface area (Å²) in [5.74, 6) is -7.99. The van der Waals surface area contributed by atoms with Crippen molar-refractivity contribution in [1.29, 1.82) is 0 Å². The predicted octanol–water partition coefficient (Wildman–Crippen LogP) is 1.31. The first-order chi connectivity index (χ1) is 28.6. The van der Waals surface area contributed by atoms with Gasteiger partial charge in [-0.05, 0) is 71.4 Å². The van der Waals surface area contributed by atoms with E-state index in [0.717, 1.165) is 27.7 Å². The van der Waals surface area contributed by atoms with Crippen molar-refractivity contribution in [1.82, 2.24) is 0 Å². The molecule has 0 aromatic rings. The maximum absolute atomic E-state index is 12.0. The van der Waals surface area contributed by atoms with E-state index in [4.69, 9.17) is 39.5 Å². The van der Waals surface area contributed by atoms with Crippen molar-refractivity contribution in [3.05, 3.63) is 72.4 Å². The predicted molar refractivity (Wildman–Crippen MR) is 222 cm³/mol. The van der Waals surface area contributed by atoms with Crippen LogP contribution in [0, 0.1) is 23.7 Å². The van der Waals surface area contributed by atoms with Crippen molar-refractivity contribution in [2.75, 3.05) is 0 Å². The second-order valence-corrected chi connectivity index (χ2v) is 15.4. The number of hydrogen-bond acceptors (Lipinski definition) is 16. The van der Waals surface area contributed by atoms with Gasteiger partial charge in [0.2, 0.25) is 0 Å². The third-order valence-electron chi connectivity index (χ3n) is 9.68. The minimum absolute atomic E-state index is 0.0477. The lowest BCUT2D eigenvalue weighted by Gasteiger charge is -2.35. The fourth-order valence-corrected chi connectivity index (χ4v) is 5.74. The van der Waals surface area contributed by atoms with Gasteiger partial charge in [0.15, 0.2) is 22.8 Å². The molecule has 2 aliphatic carbocycles. The molecule has 4 aliphatic rings. The second-order valence-electron chi connectivity index (χ2n) is 15.4. The maximum atomic E-state index is 12.0. The van der Waals surface area contributed by atoms with Crippen LogP contribution in [0.4, 0.5) is 0 Å². The van der Waals surface area contributed by atoms with Gasteiger partial charge in [-0.3, -0.25) is 19.2 Å². The van der Waals surface area contributed by atoms with Gasteiger partial charge in [-0.25, -0.2) is 19.2 Å². The van der Waals surface area contributed by atoms with Gasteiger partial charge >= 0.3 is 23.9 Å². The number of carbonyl (C=O) groups excluding carboxylic acids is 4. The van der Waals surface area contributed by atoms with E-state index in [1.807, 2.05) is 13.8 Å². The molecule has 0 bridgehead atoms. The summed E-state index contributed by atoms with van der Waals surface area (Å²) in [6.45, 7) is 23.1. The Balaban J connectivity index is 0. The van der Waals surface area contributed by atoms with Gasteiger partial charge in [0.05, 0.1) is 24.0 Å². The lowest BCUT2D eigenvalue weighted by atomic mass is 9.78. The Morgan fingerprint density at radius 1 is 0.651 bits per heavy atom. The van der Waals surface area contributed by atoms with Crippen molar-refractivity contribution in [3.8, 4) is 0 Å². The van der Waals surface area contributed by atoms with Crippen molar-refractivity contribution in [2.24, 2.45) is 23.7 Å². The molecule has 0 radical (unpaired) electrons. The van der Waals surface area contributed by atoms with Crippen LogP contribution in [0.15, 0.2) is 72.4 Å². The van der Waals surface area contributed by atoms with Crippen LogP contribution in [0.25, 0.3) is 0 Å². The Morgan fingerprint density at radius 2 is 0.921 bits per heavy atom. The number of ketones is 2. The van der Waals surface area contributed by atoms with Crippen LogP contribution in [0.3, 0.4) is 0 Å². The van der Waals surface area contributed by atoms with Crippen LogP contribution in [-0.2, 0) is 47.8 Å². The highest BCUT2D eigenvalue weighted by Crippen LogP contribution is 2.38. The van der Waals surface area contributed by atoms with Crippen molar-refractivity contribution < 1.29 is 98.9 Å². The van der Waals surface area contributed by atoms with E-state index in [0.29, 0.717) is 18.4 Å². The number of esters is 2. The second kappa shape index (κ2) is 26.1. The van der Waals surface area contributed by atoms with Gasteiger partial charge in [0.25, 0.3) is 11.9 Å². The highest BCUT2D eigenvalue weighted by Gasteiger charge is 2.52. The number of aliphatic hydroxyl groups excluding tert-OH is 4. The number of allylic oxidation sites excluding steroid dienone is 3. The van der Waals surface area contributed by atoms with E-state index >= 15 is 0 Å². The van der Waals surface area contributed by atoms with Crippen LogP contribution < -0.4 is 0 Å². The van der Waals surface area contributed by atoms with Crippen LogP contribution in [0.1, 0.15) is 75.2 Å². The quantitative estimate of drug-likeness (QED) is 0.138. The molecule has 12 atom stereocenters. The molecule has 0 aromatic carbocycles. The van der Waals surface area contributed by atoms with E-state index in [1.165, 1.54) is 19.1 Å². The molecular formula is C43H62O20. The minimum atomic E-state index is -2.15. The number of aliphatic hydroxyl groups is 6. The number of fused-ring (bicyclic) bond motifs is 2. The Labute approximate surface area is 364 Å². The van der Waals surface area contributed by atoms with E-state index in [2.05, 4.69) is 19.7 Å². The van der Waals surface area contributed by atoms with Gasteiger partial charge in [-0.1, -0.05) is 51.8 Å². The van der Waals surface area contributed by atoms with E-state index in [-0.39, 0.29) is 28.6 Å². The molecule has 0 spiro atoms. The summed E-state index contributed by atoms with van der Waals surface area (Å²) in [4.78, 5) is 84.7.